The molecule has 0 bridgehead atoms. The van der Waals surface area contributed by atoms with Gasteiger partial charge in [0.25, 0.3) is 0 Å². The van der Waals surface area contributed by atoms with Crippen LogP contribution in [0.15, 0.2) is 30.5 Å². The summed E-state index contributed by atoms with van der Waals surface area (Å²) in [5.74, 6) is 2.45. The molecule has 1 aromatic carbocycles. The fourth-order valence-corrected chi connectivity index (χ4v) is 5.12. The first-order chi connectivity index (χ1) is 14.6. The van der Waals surface area contributed by atoms with Gasteiger partial charge in [-0.15, -0.1) is 0 Å². The lowest BCUT2D eigenvalue weighted by atomic mass is 9.79. The standard InChI is InChI=1S/C24H34N2O3S/c1-29-21-7-8-23-22(16-21)19(10-12-25-23)5-3-4-18-11-13-26(14-15-30-2)17-20(18)6-9-24(27)28/h7-8,10,12,16,18,20H,3-6,9,11,13-15,17H2,1-2H3,(H,27,28). The van der Waals surface area contributed by atoms with E-state index in [1.165, 1.54) is 17.4 Å². The maximum absolute atomic E-state index is 11.1. The van der Waals surface area contributed by atoms with E-state index >= 15 is 0 Å². The van der Waals surface area contributed by atoms with Gasteiger partial charge in [0.05, 0.1) is 12.6 Å². The number of methoxy groups -OCH3 is 1. The largest absolute Gasteiger partial charge is 0.497 e. The Morgan fingerprint density at radius 1 is 1.30 bits per heavy atom. The molecule has 2 aromatic rings. The van der Waals surface area contributed by atoms with E-state index in [4.69, 9.17) is 4.74 Å². The Morgan fingerprint density at radius 2 is 2.17 bits per heavy atom. The summed E-state index contributed by atoms with van der Waals surface area (Å²) in [6.45, 7) is 3.31. The van der Waals surface area contributed by atoms with Crippen molar-refractivity contribution in [3.8, 4) is 5.75 Å². The van der Waals surface area contributed by atoms with Gasteiger partial charge in [-0.05, 0) is 86.6 Å². The molecule has 1 fully saturated rings. The first-order valence-corrected chi connectivity index (χ1v) is 12.3. The number of ether oxygens (including phenoxy) is 1. The maximum atomic E-state index is 11.1. The zero-order valence-electron chi connectivity index (χ0n) is 18.2. The van der Waals surface area contributed by atoms with Gasteiger partial charge < -0.3 is 14.7 Å². The number of carboxylic acids is 1. The van der Waals surface area contributed by atoms with E-state index in [9.17, 15) is 9.90 Å². The zero-order chi connectivity index (χ0) is 21.3. The number of thioether (sulfide) groups is 1. The quantitative estimate of drug-likeness (QED) is 0.556. The molecule has 5 nitrogen and oxygen atoms in total. The summed E-state index contributed by atoms with van der Waals surface area (Å²) in [6, 6.07) is 8.17. The Balaban J connectivity index is 1.60. The Kier molecular flexibility index (Phi) is 8.82. The van der Waals surface area contributed by atoms with Crippen molar-refractivity contribution in [3.63, 3.8) is 0 Å². The third kappa shape index (κ3) is 6.35. The smallest absolute Gasteiger partial charge is 0.303 e. The number of aliphatic carboxylic acids is 1. The van der Waals surface area contributed by atoms with Crippen molar-refractivity contribution >= 4 is 28.6 Å². The van der Waals surface area contributed by atoms with Crippen LogP contribution in [0.4, 0.5) is 0 Å². The molecule has 2 atom stereocenters. The molecule has 0 saturated carbocycles. The van der Waals surface area contributed by atoms with Crippen LogP contribution < -0.4 is 4.74 Å². The van der Waals surface area contributed by atoms with Crippen LogP contribution in [0.5, 0.6) is 5.75 Å². The average Bonchev–Trinajstić information content (AvgIpc) is 2.76. The van der Waals surface area contributed by atoms with Crippen LogP contribution in [-0.4, -0.2) is 59.7 Å². The van der Waals surface area contributed by atoms with Crippen molar-refractivity contribution in [2.24, 2.45) is 11.8 Å². The third-order valence-corrected chi connectivity index (χ3v) is 6.97. The van der Waals surface area contributed by atoms with Crippen LogP contribution >= 0.6 is 11.8 Å². The van der Waals surface area contributed by atoms with E-state index in [0.717, 1.165) is 62.3 Å². The Hall–Kier alpha value is -1.79. The van der Waals surface area contributed by atoms with Gasteiger partial charge in [-0.25, -0.2) is 0 Å². The second-order valence-electron chi connectivity index (χ2n) is 8.28. The zero-order valence-corrected chi connectivity index (χ0v) is 19.0. The number of carbonyl (C=O) groups is 1. The van der Waals surface area contributed by atoms with Crippen molar-refractivity contribution in [1.29, 1.82) is 0 Å². The molecule has 1 N–H and O–H groups in total. The van der Waals surface area contributed by atoms with E-state index in [-0.39, 0.29) is 6.42 Å². The number of hydrogen-bond donors (Lipinski definition) is 1. The van der Waals surface area contributed by atoms with Gasteiger partial charge in [0, 0.05) is 36.8 Å². The molecule has 3 rings (SSSR count). The van der Waals surface area contributed by atoms with Crippen LogP contribution in [0, 0.1) is 11.8 Å². The lowest BCUT2D eigenvalue weighted by Crippen LogP contribution is -2.41. The molecular weight excluding hydrogens is 396 g/mol. The van der Waals surface area contributed by atoms with Gasteiger partial charge in [-0.1, -0.05) is 0 Å². The van der Waals surface area contributed by atoms with Crippen molar-refractivity contribution in [2.45, 2.75) is 38.5 Å². The molecule has 0 aliphatic carbocycles. The van der Waals surface area contributed by atoms with Crippen molar-refractivity contribution < 1.29 is 14.6 Å². The third-order valence-electron chi connectivity index (χ3n) is 6.38. The summed E-state index contributed by atoms with van der Waals surface area (Å²) in [7, 11) is 1.69. The highest BCUT2D eigenvalue weighted by Crippen LogP contribution is 2.32. The van der Waals surface area contributed by atoms with Gasteiger partial charge in [0.2, 0.25) is 0 Å². The van der Waals surface area contributed by atoms with E-state index in [1.807, 2.05) is 30.1 Å². The van der Waals surface area contributed by atoms with Crippen molar-refractivity contribution in [3.05, 3.63) is 36.0 Å². The molecular formula is C24H34N2O3S. The van der Waals surface area contributed by atoms with E-state index in [1.54, 1.807) is 7.11 Å². The van der Waals surface area contributed by atoms with Gasteiger partial charge in [0.1, 0.15) is 5.75 Å². The molecule has 0 radical (unpaired) electrons. The number of likely N-dealkylation sites (tertiary alicyclic amines) is 1. The molecule has 1 aliphatic heterocycles. The Bertz CT molecular complexity index is 829. The fourth-order valence-electron chi connectivity index (χ4n) is 4.68. The topological polar surface area (TPSA) is 62.7 Å². The molecule has 6 heteroatoms. The van der Waals surface area contributed by atoms with Crippen LogP contribution in [0.3, 0.4) is 0 Å². The van der Waals surface area contributed by atoms with Gasteiger partial charge in [-0.2, -0.15) is 11.8 Å². The number of rotatable bonds is 11. The normalized spacial score (nSPS) is 19.8. The predicted molar refractivity (Wildman–Crippen MR) is 125 cm³/mol. The highest BCUT2D eigenvalue weighted by molar-refractivity contribution is 7.98. The second kappa shape index (κ2) is 11.6. The predicted octanol–water partition coefficient (Wildman–Crippen LogP) is 4.73. The van der Waals surface area contributed by atoms with Gasteiger partial charge in [-0.3, -0.25) is 9.78 Å². The lowest BCUT2D eigenvalue weighted by Gasteiger charge is -2.38. The number of aryl methyl sites for hydroxylation is 1. The van der Waals surface area contributed by atoms with Crippen LogP contribution in [0.25, 0.3) is 10.9 Å². The number of pyridine rings is 1. The molecule has 0 amide bonds. The fraction of sp³-hybridized carbons (Fsp3) is 0.583. The summed E-state index contributed by atoms with van der Waals surface area (Å²) in [5, 5.41) is 10.3. The number of nitrogens with zero attached hydrogens (tertiary/aromatic N) is 2. The van der Waals surface area contributed by atoms with Gasteiger partial charge >= 0.3 is 5.97 Å². The summed E-state index contributed by atoms with van der Waals surface area (Å²) in [6.07, 6.45) is 9.60. The summed E-state index contributed by atoms with van der Waals surface area (Å²) in [4.78, 5) is 18.2. The molecule has 0 spiro atoms. The maximum Gasteiger partial charge on any atom is 0.303 e. The highest BCUT2D eigenvalue weighted by Gasteiger charge is 2.29. The van der Waals surface area contributed by atoms with Crippen molar-refractivity contribution in [1.82, 2.24) is 9.88 Å². The summed E-state index contributed by atoms with van der Waals surface area (Å²) < 4.78 is 5.39. The molecule has 30 heavy (non-hydrogen) atoms. The number of fused-ring (bicyclic) bond motifs is 1. The SMILES string of the molecule is COc1ccc2nccc(CCCC3CCN(CCSC)CC3CCC(=O)O)c2c1. The minimum Gasteiger partial charge on any atom is -0.497 e. The lowest BCUT2D eigenvalue weighted by molar-refractivity contribution is -0.137. The van der Waals surface area contributed by atoms with E-state index in [0.29, 0.717) is 11.8 Å². The molecule has 2 heterocycles. The Labute approximate surface area is 184 Å². The second-order valence-corrected chi connectivity index (χ2v) is 9.27. The minimum atomic E-state index is -0.674. The summed E-state index contributed by atoms with van der Waals surface area (Å²) in [5.41, 5.74) is 2.33. The first-order valence-electron chi connectivity index (χ1n) is 11.0. The molecule has 1 saturated heterocycles. The van der Waals surface area contributed by atoms with Crippen LogP contribution in [-0.2, 0) is 11.2 Å². The van der Waals surface area contributed by atoms with E-state index in [2.05, 4.69) is 28.3 Å². The number of carboxylic acid groups (broad SMARTS) is 1. The number of hydrogen-bond acceptors (Lipinski definition) is 5. The monoisotopic (exact) mass is 430 g/mol. The molecule has 1 aromatic heterocycles. The highest BCUT2D eigenvalue weighted by atomic mass is 32.2. The van der Waals surface area contributed by atoms with Crippen LogP contribution in [0.2, 0.25) is 0 Å². The molecule has 164 valence electrons. The Morgan fingerprint density at radius 3 is 2.93 bits per heavy atom. The number of aromatic nitrogens is 1. The molecule has 2 unspecified atom stereocenters. The number of piperidine rings is 1. The minimum absolute atomic E-state index is 0.284. The van der Waals surface area contributed by atoms with E-state index < -0.39 is 5.97 Å². The number of benzene rings is 1. The average molecular weight is 431 g/mol. The van der Waals surface area contributed by atoms with Crippen molar-refractivity contribution in [2.75, 3.05) is 38.8 Å². The molecule has 1 aliphatic rings. The summed E-state index contributed by atoms with van der Waals surface area (Å²) >= 11 is 1.88. The van der Waals surface area contributed by atoms with Crippen LogP contribution in [0.1, 0.15) is 37.7 Å². The van der Waals surface area contributed by atoms with Gasteiger partial charge in [0.15, 0.2) is 0 Å². The first kappa shape index (κ1) is 22.9.